The molecule has 0 aromatic heterocycles. The van der Waals surface area contributed by atoms with Crippen LogP contribution in [0.1, 0.15) is 18.4 Å². The van der Waals surface area contributed by atoms with Crippen molar-refractivity contribution in [1.82, 2.24) is 4.31 Å². The first-order chi connectivity index (χ1) is 11.0. The smallest absolute Gasteiger partial charge is 0.214 e. The summed E-state index contributed by atoms with van der Waals surface area (Å²) in [7, 11) is -1.62. The number of methoxy groups -OCH3 is 1. The summed E-state index contributed by atoms with van der Waals surface area (Å²) in [6, 6.07) is 6.09. The van der Waals surface area contributed by atoms with Gasteiger partial charge in [0.25, 0.3) is 0 Å². The van der Waals surface area contributed by atoms with Gasteiger partial charge in [-0.1, -0.05) is 12.1 Å². The molecule has 4 nitrogen and oxygen atoms in total. The van der Waals surface area contributed by atoms with Crippen molar-refractivity contribution in [2.45, 2.75) is 31.4 Å². The number of hydrogen-bond donors (Lipinski definition) is 0. The van der Waals surface area contributed by atoms with Crippen molar-refractivity contribution in [3.63, 3.8) is 0 Å². The lowest BCUT2D eigenvalue weighted by Crippen LogP contribution is -2.45. The van der Waals surface area contributed by atoms with Crippen molar-refractivity contribution >= 4 is 10.0 Å². The van der Waals surface area contributed by atoms with Crippen LogP contribution in [0.4, 0.5) is 4.39 Å². The lowest BCUT2D eigenvalue weighted by atomic mass is 9.88. The Kier molecular flexibility index (Phi) is 3.74. The van der Waals surface area contributed by atoms with Gasteiger partial charge in [0.15, 0.2) is 0 Å². The summed E-state index contributed by atoms with van der Waals surface area (Å²) in [5.74, 6) is 1.29. The van der Waals surface area contributed by atoms with Gasteiger partial charge in [0, 0.05) is 13.7 Å². The maximum absolute atomic E-state index is 12.9. The molecule has 23 heavy (non-hydrogen) atoms. The van der Waals surface area contributed by atoms with E-state index in [9.17, 15) is 12.8 Å². The zero-order valence-corrected chi connectivity index (χ0v) is 14.0. The molecule has 5 unspecified atom stereocenters. The van der Waals surface area contributed by atoms with Gasteiger partial charge in [0.05, 0.1) is 17.9 Å². The molecule has 5 atom stereocenters. The highest BCUT2D eigenvalue weighted by Crippen LogP contribution is 2.56. The van der Waals surface area contributed by atoms with Gasteiger partial charge in [-0.05, 0) is 54.7 Å². The van der Waals surface area contributed by atoms with Gasteiger partial charge in [0.1, 0.15) is 5.82 Å². The second-order valence-corrected chi connectivity index (χ2v) is 9.15. The number of sulfonamides is 1. The number of fused-ring (bicyclic) bond motifs is 1. The van der Waals surface area contributed by atoms with Crippen LogP contribution >= 0.6 is 0 Å². The Labute approximate surface area is 136 Å². The molecule has 2 bridgehead atoms. The molecule has 6 heteroatoms. The third-order valence-electron chi connectivity index (χ3n) is 5.96. The summed E-state index contributed by atoms with van der Waals surface area (Å²) in [6.07, 6.45) is 2.68. The molecule has 1 aromatic rings. The number of rotatable bonds is 5. The topological polar surface area (TPSA) is 46.6 Å². The summed E-state index contributed by atoms with van der Waals surface area (Å²) < 4.78 is 46.0. The minimum atomic E-state index is -3.31. The number of aryl methyl sites for hydroxylation is 1. The molecular formula is C17H22FNO3S. The van der Waals surface area contributed by atoms with Crippen molar-refractivity contribution in [3.8, 4) is 0 Å². The average molecular weight is 339 g/mol. The maximum Gasteiger partial charge on any atom is 0.214 e. The Bertz CT molecular complexity index is 688. The van der Waals surface area contributed by atoms with Crippen LogP contribution in [0.2, 0.25) is 0 Å². The molecular weight excluding hydrogens is 317 g/mol. The third-order valence-corrected chi connectivity index (χ3v) is 7.79. The lowest BCUT2D eigenvalue weighted by molar-refractivity contribution is 0.0265. The third kappa shape index (κ3) is 2.51. The molecule has 2 saturated carbocycles. The minimum absolute atomic E-state index is 0.0296. The number of benzene rings is 1. The zero-order chi connectivity index (χ0) is 16.2. The van der Waals surface area contributed by atoms with Crippen LogP contribution in [-0.2, 0) is 21.2 Å². The summed E-state index contributed by atoms with van der Waals surface area (Å²) in [6.45, 7) is 0.650. The first kappa shape index (κ1) is 15.5. The fourth-order valence-corrected chi connectivity index (χ4v) is 6.79. The molecule has 1 saturated heterocycles. The summed E-state index contributed by atoms with van der Waals surface area (Å²) >= 11 is 0. The monoisotopic (exact) mass is 339 g/mol. The highest BCUT2D eigenvalue weighted by atomic mass is 32.2. The fraction of sp³-hybridized carbons (Fsp3) is 0.647. The minimum Gasteiger partial charge on any atom is -0.379 e. The van der Waals surface area contributed by atoms with Crippen LogP contribution in [0, 0.1) is 23.6 Å². The van der Waals surface area contributed by atoms with Gasteiger partial charge in [-0.2, -0.15) is 4.31 Å². The van der Waals surface area contributed by atoms with E-state index in [2.05, 4.69) is 0 Å². The second-order valence-electron chi connectivity index (χ2n) is 7.11. The highest BCUT2D eigenvalue weighted by Gasteiger charge is 2.61. The fourth-order valence-electron chi connectivity index (χ4n) is 5.00. The first-order valence-corrected chi connectivity index (χ1v) is 9.87. The van der Waals surface area contributed by atoms with Crippen molar-refractivity contribution in [3.05, 3.63) is 35.6 Å². The van der Waals surface area contributed by atoms with E-state index in [1.807, 2.05) is 0 Å². The van der Waals surface area contributed by atoms with Crippen molar-refractivity contribution in [2.24, 2.45) is 17.8 Å². The molecule has 2 aliphatic carbocycles. The summed E-state index contributed by atoms with van der Waals surface area (Å²) in [5.41, 5.74) is 0.852. The Morgan fingerprint density at radius 3 is 2.65 bits per heavy atom. The largest absolute Gasteiger partial charge is 0.379 e. The van der Waals surface area contributed by atoms with Crippen LogP contribution in [0.25, 0.3) is 0 Å². The van der Waals surface area contributed by atoms with Gasteiger partial charge in [0.2, 0.25) is 10.0 Å². The molecule has 1 aromatic carbocycles. The Balaban J connectivity index is 1.49. The van der Waals surface area contributed by atoms with E-state index in [4.69, 9.17) is 4.74 Å². The lowest BCUT2D eigenvalue weighted by Gasteiger charge is -2.30. The van der Waals surface area contributed by atoms with E-state index >= 15 is 0 Å². The number of ether oxygens (including phenoxy) is 1. The van der Waals surface area contributed by atoms with Crippen LogP contribution in [-0.4, -0.2) is 44.3 Å². The molecule has 1 heterocycles. The van der Waals surface area contributed by atoms with E-state index in [0.717, 1.165) is 18.4 Å². The van der Waals surface area contributed by atoms with Crippen molar-refractivity contribution in [2.75, 3.05) is 19.4 Å². The first-order valence-electron chi connectivity index (χ1n) is 8.26. The van der Waals surface area contributed by atoms with E-state index in [0.29, 0.717) is 30.7 Å². The van der Waals surface area contributed by atoms with Gasteiger partial charge < -0.3 is 4.74 Å². The number of nitrogens with zero attached hydrogens (tertiary/aromatic N) is 1. The van der Waals surface area contributed by atoms with Crippen LogP contribution in [0.5, 0.6) is 0 Å². The van der Waals surface area contributed by atoms with Gasteiger partial charge in [-0.15, -0.1) is 0 Å². The number of halogens is 1. The standard InChI is InChI=1S/C17H22FNO3S/c1-22-17-12-8-13-10-19(16(17)15(13)9-12)23(20,21)7-6-11-2-4-14(18)5-3-11/h2-5,12-13,15-17H,6-10H2,1H3. The predicted octanol–water partition coefficient (Wildman–Crippen LogP) is 2.05. The quantitative estimate of drug-likeness (QED) is 0.825. The van der Waals surface area contributed by atoms with Gasteiger partial charge >= 0.3 is 0 Å². The molecule has 126 valence electrons. The zero-order valence-electron chi connectivity index (χ0n) is 13.2. The Morgan fingerprint density at radius 1 is 1.22 bits per heavy atom. The number of hydrogen-bond acceptors (Lipinski definition) is 3. The van der Waals surface area contributed by atoms with Gasteiger partial charge in [-0.3, -0.25) is 0 Å². The Morgan fingerprint density at radius 2 is 1.96 bits per heavy atom. The van der Waals surface area contributed by atoms with E-state index in [1.165, 1.54) is 12.1 Å². The molecule has 3 aliphatic rings. The van der Waals surface area contributed by atoms with Crippen LogP contribution < -0.4 is 0 Å². The van der Waals surface area contributed by atoms with Crippen LogP contribution in [0.15, 0.2) is 24.3 Å². The molecule has 4 rings (SSSR count). The van der Waals surface area contributed by atoms with E-state index in [-0.39, 0.29) is 23.7 Å². The maximum atomic E-state index is 12.9. The predicted molar refractivity (Wildman–Crippen MR) is 84.9 cm³/mol. The molecule has 0 radical (unpaired) electrons. The molecule has 0 amide bonds. The van der Waals surface area contributed by atoms with E-state index in [1.54, 1.807) is 23.5 Å². The van der Waals surface area contributed by atoms with Crippen molar-refractivity contribution in [1.29, 1.82) is 0 Å². The molecule has 3 fully saturated rings. The molecule has 1 aliphatic heterocycles. The van der Waals surface area contributed by atoms with E-state index < -0.39 is 10.0 Å². The molecule has 0 spiro atoms. The summed E-state index contributed by atoms with van der Waals surface area (Å²) in [4.78, 5) is 0. The normalized spacial score (nSPS) is 36.0. The Hall–Kier alpha value is -0.980. The average Bonchev–Trinajstić information content (AvgIpc) is 3.14. The van der Waals surface area contributed by atoms with Gasteiger partial charge in [-0.25, -0.2) is 12.8 Å². The van der Waals surface area contributed by atoms with Crippen molar-refractivity contribution < 1.29 is 17.5 Å². The molecule has 0 N–H and O–H groups in total. The summed E-state index contributed by atoms with van der Waals surface area (Å²) in [5, 5.41) is 0. The second kappa shape index (κ2) is 5.53. The van der Waals surface area contributed by atoms with Crippen LogP contribution in [0.3, 0.4) is 0 Å². The SMILES string of the molecule is COC1C2CC3CN(S(=O)(=O)CCc4ccc(F)cc4)C1C3C2. The highest BCUT2D eigenvalue weighted by molar-refractivity contribution is 7.89.